The first-order valence-electron chi connectivity index (χ1n) is 10.9. The van der Waals surface area contributed by atoms with E-state index in [-0.39, 0.29) is 24.0 Å². The van der Waals surface area contributed by atoms with Gasteiger partial charge in [-0.05, 0) is 0 Å². The summed E-state index contributed by atoms with van der Waals surface area (Å²) in [7, 11) is 0. The molecule has 0 radical (unpaired) electrons. The molecule has 1 amide bonds. The molecular weight excluding hydrogens is 1030 g/mol. The molecule has 0 aliphatic heterocycles. The van der Waals surface area contributed by atoms with E-state index < -0.39 is 106 Å². The maximum absolute atomic E-state index is 13.9. The molecule has 0 bridgehead atoms. The molecule has 55 heavy (non-hydrogen) atoms. The Morgan fingerprint density at radius 1 is 0.345 bits per heavy atom. The molecule has 3 nitrogen and oxygen atoms in total. The molecule has 0 heterocycles. The molecule has 0 aliphatic carbocycles. The van der Waals surface area contributed by atoms with Gasteiger partial charge in [0.1, 0.15) is 0 Å². The highest BCUT2D eigenvalue weighted by Crippen LogP contribution is 2.67. The van der Waals surface area contributed by atoms with Gasteiger partial charge in [0.15, 0.2) is 0 Å². The molecule has 39 heteroatoms. The summed E-state index contributed by atoms with van der Waals surface area (Å²) >= 11 is 0. The first kappa shape index (κ1) is 54.8. The SMILES string of the molecule is O=C(N(F)C(F)(F)C(F)(F)C(F)(F)[N+](C(F)(F)F)(C(F)(F)F)C(F)(F)F)C(F)(F)C(F)(F)C(F)(F)C(F)(F)C(F)(F)C(F)(F)C(F)(F)C(F)(F)C(F)(F)F.[I-]. The summed E-state index contributed by atoms with van der Waals surface area (Å²) in [5.41, 5.74) is 0. The van der Waals surface area contributed by atoms with Crippen molar-refractivity contribution in [3.8, 4) is 0 Å². The summed E-state index contributed by atoms with van der Waals surface area (Å²) in [4.78, 5) is 11.0. The zero-order valence-corrected chi connectivity index (χ0v) is 25.1. The largest absolute Gasteiger partial charge is 1.00 e. The highest BCUT2D eigenvalue weighted by atomic mass is 127. The summed E-state index contributed by atoms with van der Waals surface area (Å²) in [6.45, 7) is 0. The number of nitrogens with zero attached hydrogens (tertiary/aromatic N) is 2. The van der Waals surface area contributed by atoms with Crippen molar-refractivity contribution in [3.05, 3.63) is 0 Å². The molecule has 0 N–H and O–H groups in total. The quantitative estimate of drug-likeness (QED) is 0.0652. The number of amides is 1. The van der Waals surface area contributed by atoms with Crippen molar-refractivity contribution >= 4 is 5.91 Å². The van der Waals surface area contributed by atoms with Gasteiger partial charge in [0.05, 0.1) is 0 Å². The van der Waals surface area contributed by atoms with E-state index in [1.807, 2.05) is 0 Å². The van der Waals surface area contributed by atoms with Crippen molar-refractivity contribution in [3.63, 3.8) is 0 Å². The summed E-state index contributed by atoms with van der Waals surface area (Å²) in [5.74, 6) is -93.4. The fourth-order valence-corrected chi connectivity index (χ4v) is 3.17. The first-order chi connectivity index (χ1) is 22.6. The van der Waals surface area contributed by atoms with Crippen LogP contribution in [0.5, 0.6) is 0 Å². The van der Waals surface area contributed by atoms with Gasteiger partial charge < -0.3 is 24.0 Å². The Bertz CT molecular complexity index is 1360. The second-order valence-electron chi connectivity index (χ2n) is 9.41. The Labute approximate surface area is 289 Å². The number of rotatable bonds is 12. The van der Waals surface area contributed by atoms with Gasteiger partial charge in [-0.1, -0.05) is 9.60 Å². The van der Waals surface area contributed by atoms with E-state index >= 15 is 0 Å². The number of carbonyl (C=O) groups excluding carboxylic acids is 1. The van der Waals surface area contributed by atoms with Crippen LogP contribution in [0.15, 0.2) is 0 Å². The van der Waals surface area contributed by atoms with Crippen molar-refractivity contribution in [1.29, 1.82) is 0 Å². The van der Waals surface area contributed by atoms with Gasteiger partial charge >= 0.3 is 96.4 Å². The Kier molecular flexibility index (Phi) is 13.3. The summed E-state index contributed by atoms with van der Waals surface area (Å²) in [5, 5.41) is -5.49. The van der Waals surface area contributed by atoms with E-state index in [1.54, 1.807) is 0 Å². The Balaban J connectivity index is 0. The number of quaternary nitrogens is 1. The molecule has 0 aliphatic rings. The fourth-order valence-electron chi connectivity index (χ4n) is 3.17. The molecule has 0 fully saturated rings. The highest BCUT2D eigenvalue weighted by Gasteiger charge is 3.03. The zero-order chi connectivity index (χ0) is 45.2. The van der Waals surface area contributed by atoms with E-state index in [2.05, 4.69) is 0 Å². The number of carbonyl (C=O) groups is 1. The predicted molar refractivity (Wildman–Crippen MR) is 86.9 cm³/mol. The molecule has 0 atom stereocenters. The first-order valence-corrected chi connectivity index (χ1v) is 10.9. The summed E-state index contributed by atoms with van der Waals surface area (Å²) in [6.07, 6.45) is -36.2. The normalized spacial score (nSPS) is 16.6. The minimum Gasteiger partial charge on any atom is -1.00 e. The summed E-state index contributed by atoms with van der Waals surface area (Å²) < 4.78 is 455. The third-order valence-corrected chi connectivity index (χ3v) is 6.13. The Hall–Kier alpha value is -2.29. The molecule has 0 unspecified atom stereocenters. The smallest absolute Gasteiger partial charge is 0.581 e. The van der Waals surface area contributed by atoms with Crippen LogP contribution >= 0.6 is 0 Å². The van der Waals surface area contributed by atoms with E-state index in [1.165, 1.54) is 0 Å². The lowest BCUT2D eigenvalue weighted by molar-refractivity contribution is -1.22. The van der Waals surface area contributed by atoms with Crippen molar-refractivity contribution < 1.29 is 187 Å². The van der Waals surface area contributed by atoms with Gasteiger partial charge in [-0.2, -0.15) is 101 Å². The molecule has 332 valence electrons. The van der Waals surface area contributed by atoms with Gasteiger partial charge in [-0.3, -0.25) is 4.79 Å². The van der Waals surface area contributed by atoms with Crippen LogP contribution in [-0.2, 0) is 4.79 Å². The summed E-state index contributed by atoms with van der Waals surface area (Å²) in [6, 6.07) is -19.6. The van der Waals surface area contributed by atoms with Crippen molar-refractivity contribution in [2.24, 2.45) is 0 Å². The van der Waals surface area contributed by atoms with E-state index in [0.717, 1.165) is 0 Å². The lowest BCUT2D eigenvalue weighted by Crippen LogP contribution is -3.00. The highest BCUT2D eigenvalue weighted by molar-refractivity contribution is 5.84. The molecule has 0 aromatic carbocycles. The predicted octanol–water partition coefficient (Wildman–Crippen LogP) is 7.55. The maximum Gasteiger partial charge on any atom is 0.581 e. The van der Waals surface area contributed by atoms with Crippen LogP contribution < -0.4 is 24.0 Å². The van der Waals surface area contributed by atoms with Crippen LogP contribution in [0.1, 0.15) is 0 Å². The van der Waals surface area contributed by atoms with Crippen LogP contribution in [0.3, 0.4) is 0 Å². The minimum atomic E-state index is -10.1. The van der Waals surface area contributed by atoms with Crippen molar-refractivity contribution in [2.45, 2.75) is 90.5 Å². The van der Waals surface area contributed by atoms with E-state index in [0.29, 0.717) is 0 Å². The molecule has 0 aromatic rings. The van der Waals surface area contributed by atoms with Gasteiger partial charge in [-0.25, -0.2) is 0 Å². The molecular formula is C16F35IN2O. The lowest BCUT2D eigenvalue weighted by atomic mass is 9.87. The lowest BCUT2D eigenvalue weighted by Gasteiger charge is -2.46. The fraction of sp³-hybridized carbons (Fsp3) is 0.938. The molecule has 0 rings (SSSR count). The third kappa shape index (κ3) is 6.55. The van der Waals surface area contributed by atoms with E-state index in [9.17, 15) is 159 Å². The number of halogens is 36. The topological polar surface area (TPSA) is 20.3 Å². The van der Waals surface area contributed by atoms with Crippen LogP contribution in [0.2, 0.25) is 0 Å². The van der Waals surface area contributed by atoms with Crippen molar-refractivity contribution in [2.75, 3.05) is 0 Å². The van der Waals surface area contributed by atoms with Crippen molar-refractivity contribution in [1.82, 2.24) is 5.12 Å². The van der Waals surface area contributed by atoms with E-state index in [4.69, 9.17) is 0 Å². The molecule has 0 aromatic heterocycles. The Morgan fingerprint density at radius 3 is 0.782 bits per heavy atom. The monoisotopic (exact) mass is 1030 g/mol. The van der Waals surface area contributed by atoms with Gasteiger partial charge in [0, 0.05) is 4.48 Å². The van der Waals surface area contributed by atoms with Crippen LogP contribution in [0.4, 0.5) is 154 Å². The average Bonchev–Trinajstić information content (AvgIpc) is 2.87. The second kappa shape index (κ2) is 13.4. The third-order valence-electron chi connectivity index (χ3n) is 6.13. The number of hydrogen-bond acceptors (Lipinski definition) is 1. The van der Waals surface area contributed by atoms with Gasteiger partial charge in [-0.15, -0.1) is 48.3 Å². The molecule has 0 saturated carbocycles. The van der Waals surface area contributed by atoms with Gasteiger partial charge in [0.25, 0.3) is 0 Å². The maximum atomic E-state index is 13.9. The minimum absolute atomic E-state index is 0. The molecule has 0 spiro atoms. The molecule has 0 saturated heterocycles. The average molecular weight is 1030 g/mol. The Morgan fingerprint density at radius 2 is 0.564 bits per heavy atom. The second-order valence-corrected chi connectivity index (χ2v) is 9.41. The number of alkyl halides is 34. The standard InChI is InChI=1S/C16F35N2O.HI/c17-2(18,3(19,20)4(21,22)5(23,24)6(25,26)7(27,28)8(29,30)9(31,32)11(35,36)37)1(54)52(51)12(38,39)10(33,34)13(40,41)53(14(42,43)44,15(45,46)47)16(48,49)50;/h;1H/q+1;/p-1. The van der Waals surface area contributed by atoms with Crippen LogP contribution in [0, 0.1) is 0 Å². The van der Waals surface area contributed by atoms with Gasteiger partial charge in [0.2, 0.25) is 0 Å². The zero-order valence-electron chi connectivity index (χ0n) is 22.9. The van der Waals surface area contributed by atoms with Crippen LogP contribution in [-0.4, -0.2) is 106 Å². The number of hydrogen-bond donors (Lipinski definition) is 0. The van der Waals surface area contributed by atoms with Crippen LogP contribution in [0.25, 0.3) is 0 Å².